The third-order valence-electron chi connectivity index (χ3n) is 2.37. The number of methoxy groups -OCH3 is 1. The zero-order valence-corrected chi connectivity index (χ0v) is 12.9. The monoisotopic (exact) mass is 316 g/mol. The number of benzene rings is 1. The molecule has 1 aromatic carbocycles. The average molecular weight is 317 g/mol. The highest BCUT2D eigenvalue weighted by Gasteiger charge is 2.16. The molecule has 4 heteroatoms. The van der Waals surface area contributed by atoms with Crippen LogP contribution >= 0.6 is 27.7 Å². The van der Waals surface area contributed by atoms with Crippen LogP contribution in [0.4, 0.5) is 0 Å². The molecule has 0 bridgehead atoms. The molecule has 0 spiro atoms. The maximum Gasteiger partial charge on any atom is 0.312 e. The molecule has 0 aromatic heterocycles. The quantitative estimate of drug-likeness (QED) is 0.614. The van der Waals surface area contributed by atoms with Gasteiger partial charge in [0.25, 0.3) is 0 Å². The number of hydrogen-bond donors (Lipinski definition) is 0. The predicted molar refractivity (Wildman–Crippen MR) is 75.6 cm³/mol. The van der Waals surface area contributed by atoms with E-state index in [-0.39, 0.29) is 11.9 Å². The van der Waals surface area contributed by atoms with E-state index >= 15 is 0 Å². The van der Waals surface area contributed by atoms with Gasteiger partial charge in [0.2, 0.25) is 0 Å². The van der Waals surface area contributed by atoms with Gasteiger partial charge in [-0.25, -0.2) is 0 Å². The summed E-state index contributed by atoms with van der Waals surface area (Å²) in [7, 11) is 1.41. The first kappa shape index (κ1) is 14.6. The second-order valence-corrected chi connectivity index (χ2v) is 6.57. The Morgan fingerprint density at radius 3 is 2.47 bits per heavy atom. The van der Waals surface area contributed by atoms with Crippen LogP contribution in [0.1, 0.15) is 32.3 Å². The third-order valence-corrected chi connectivity index (χ3v) is 4.37. The predicted octanol–water partition coefficient (Wildman–Crippen LogP) is 4.23. The van der Waals surface area contributed by atoms with E-state index in [2.05, 4.69) is 29.8 Å². The summed E-state index contributed by atoms with van der Waals surface area (Å²) >= 11 is 5.34. The summed E-state index contributed by atoms with van der Waals surface area (Å²) in [5.41, 5.74) is 0.969. The smallest absolute Gasteiger partial charge is 0.312 e. The Kier molecular flexibility index (Phi) is 5.53. The Bertz CT molecular complexity index is 404. The standard InChI is InChI=1S/C13H17BrO2S/c1-8(2)17-12-6-5-10(7-11(12)14)9(3)13(15)16-4/h5-9H,1-4H3. The number of hydrogen-bond acceptors (Lipinski definition) is 3. The number of ether oxygens (including phenoxy) is 1. The topological polar surface area (TPSA) is 26.3 Å². The summed E-state index contributed by atoms with van der Waals surface area (Å²) in [4.78, 5) is 12.6. The SMILES string of the molecule is COC(=O)C(C)c1ccc(SC(C)C)c(Br)c1. The van der Waals surface area contributed by atoms with Gasteiger partial charge in [-0.2, -0.15) is 0 Å². The lowest BCUT2D eigenvalue weighted by atomic mass is 10.0. The highest BCUT2D eigenvalue weighted by molar-refractivity contribution is 9.10. The number of carbonyl (C=O) groups is 1. The second-order valence-electron chi connectivity index (χ2n) is 4.10. The summed E-state index contributed by atoms with van der Waals surface area (Å²) in [5.74, 6) is -0.435. The molecule has 0 aliphatic rings. The van der Waals surface area contributed by atoms with E-state index in [9.17, 15) is 4.79 Å². The summed E-state index contributed by atoms with van der Waals surface area (Å²) in [6, 6.07) is 6.02. The Morgan fingerprint density at radius 1 is 1.35 bits per heavy atom. The molecule has 0 heterocycles. The van der Waals surface area contributed by atoms with Crippen molar-refractivity contribution in [2.24, 2.45) is 0 Å². The van der Waals surface area contributed by atoms with Crippen LogP contribution in [0.2, 0.25) is 0 Å². The van der Waals surface area contributed by atoms with Gasteiger partial charge in [-0.15, -0.1) is 11.8 Å². The molecule has 0 fully saturated rings. The molecule has 0 saturated carbocycles. The molecule has 0 amide bonds. The number of rotatable bonds is 4. The van der Waals surface area contributed by atoms with Gasteiger partial charge in [0.1, 0.15) is 0 Å². The lowest BCUT2D eigenvalue weighted by Crippen LogP contribution is -2.10. The van der Waals surface area contributed by atoms with Crippen molar-refractivity contribution in [2.45, 2.75) is 36.8 Å². The second kappa shape index (κ2) is 6.45. The summed E-state index contributed by atoms with van der Waals surface area (Å²) < 4.78 is 5.77. The first-order valence-corrected chi connectivity index (χ1v) is 7.17. The molecule has 2 nitrogen and oxygen atoms in total. The van der Waals surface area contributed by atoms with Crippen LogP contribution in [0.25, 0.3) is 0 Å². The molecule has 0 radical (unpaired) electrons. The maximum absolute atomic E-state index is 11.4. The molecule has 0 aliphatic carbocycles. The van der Waals surface area contributed by atoms with E-state index in [0.717, 1.165) is 10.0 Å². The third kappa shape index (κ3) is 4.03. The fourth-order valence-electron chi connectivity index (χ4n) is 1.45. The van der Waals surface area contributed by atoms with Gasteiger partial charge in [-0.1, -0.05) is 19.9 Å². The van der Waals surface area contributed by atoms with Crippen LogP contribution < -0.4 is 0 Å². The number of esters is 1. The summed E-state index contributed by atoms with van der Waals surface area (Å²) in [6.45, 7) is 6.16. The first-order chi connectivity index (χ1) is 7.95. The van der Waals surface area contributed by atoms with Crippen LogP contribution in [0.3, 0.4) is 0 Å². The van der Waals surface area contributed by atoms with Crippen molar-refractivity contribution < 1.29 is 9.53 Å². The lowest BCUT2D eigenvalue weighted by Gasteiger charge is -2.12. The average Bonchev–Trinajstić information content (AvgIpc) is 2.29. The first-order valence-electron chi connectivity index (χ1n) is 5.49. The highest BCUT2D eigenvalue weighted by Crippen LogP contribution is 2.33. The van der Waals surface area contributed by atoms with E-state index < -0.39 is 0 Å². The minimum atomic E-state index is -0.227. The molecule has 1 aromatic rings. The van der Waals surface area contributed by atoms with Crippen molar-refractivity contribution in [3.05, 3.63) is 28.2 Å². The molecule has 0 aliphatic heterocycles. The molecule has 17 heavy (non-hydrogen) atoms. The largest absolute Gasteiger partial charge is 0.469 e. The Morgan fingerprint density at radius 2 is 2.00 bits per heavy atom. The van der Waals surface area contributed by atoms with E-state index in [4.69, 9.17) is 4.74 Å². The van der Waals surface area contributed by atoms with Gasteiger partial charge in [-0.05, 0) is 40.5 Å². The Labute approximate surface area is 115 Å². The maximum atomic E-state index is 11.4. The van der Waals surface area contributed by atoms with Crippen LogP contribution in [0.5, 0.6) is 0 Å². The zero-order valence-electron chi connectivity index (χ0n) is 10.5. The highest BCUT2D eigenvalue weighted by atomic mass is 79.9. The Hall–Kier alpha value is -0.480. The molecule has 0 N–H and O–H groups in total. The van der Waals surface area contributed by atoms with Crippen molar-refractivity contribution >= 4 is 33.7 Å². The minimum absolute atomic E-state index is 0.207. The molecular formula is C13H17BrO2S. The van der Waals surface area contributed by atoms with Crippen LogP contribution in [0.15, 0.2) is 27.6 Å². The van der Waals surface area contributed by atoms with Crippen molar-refractivity contribution in [1.29, 1.82) is 0 Å². The summed E-state index contributed by atoms with van der Waals surface area (Å²) in [5, 5.41) is 0.537. The van der Waals surface area contributed by atoms with Crippen LogP contribution in [-0.4, -0.2) is 18.3 Å². The van der Waals surface area contributed by atoms with Crippen LogP contribution in [-0.2, 0) is 9.53 Å². The number of carbonyl (C=O) groups excluding carboxylic acids is 1. The van der Waals surface area contributed by atoms with Gasteiger partial charge in [0, 0.05) is 14.6 Å². The van der Waals surface area contributed by atoms with Gasteiger partial charge >= 0.3 is 5.97 Å². The van der Waals surface area contributed by atoms with Crippen molar-refractivity contribution in [3.8, 4) is 0 Å². The van der Waals surface area contributed by atoms with Gasteiger partial charge in [0.15, 0.2) is 0 Å². The Balaban J connectivity index is 2.92. The van der Waals surface area contributed by atoms with E-state index in [1.807, 2.05) is 25.1 Å². The molecule has 0 saturated heterocycles. The molecule has 1 rings (SSSR count). The van der Waals surface area contributed by atoms with Gasteiger partial charge in [-0.3, -0.25) is 4.79 Å². The molecular weight excluding hydrogens is 300 g/mol. The van der Waals surface area contributed by atoms with Gasteiger partial charge < -0.3 is 4.74 Å². The van der Waals surface area contributed by atoms with Crippen molar-refractivity contribution in [2.75, 3.05) is 7.11 Å². The summed E-state index contributed by atoms with van der Waals surface area (Å²) in [6.07, 6.45) is 0. The number of halogens is 1. The molecule has 1 unspecified atom stereocenters. The molecule has 94 valence electrons. The molecule has 1 atom stereocenters. The van der Waals surface area contributed by atoms with Crippen molar-refractivity contribution in [3.63, 3.8) is 0 Å². The minimum Gasteiger partial charge on any atom is -0.469 e. The van der Waals surface area contributed by atoms with Crippen LogP contribution in [0, 0.1) is 0 Å². The fourth-order valence-corrected chi connectivity index (χ4v) is 2.95. The van der Waals surface area contributed by atoms with Gasteiger partial charge in [0.05, 0.1) is 13.0 Å². The normalized spacial score (nSPS) is 12.6. The van der Waals surface area contributed by atoms with E-state index in [1.165, 1.54) is 12.0 Å². The van der Waals surface area contributed by atoms with E-state index in [1.54, 1.807) is 11.8 Å². The fraction of sp³-hybridized carbons (Fsp3) is 0.462. The van der Waals surface area contributed by atoms with E-state index in [0.29, 0.717) is 5.25 Å². The lowest BCUT2D eigenvalue weighted by molar-refractivity contribution is -0.141. The number of thioether (sulfide) groups is 1. The van der Waals surface area contributed by atoms with Crippen molar-refractivity contribution in [1.82, 2.24) is 0 Å². The zero-order chi connectivity index (χ0) is 13.0.